The quantitative estimate of drug-likeness (QED) is 0.652. The first kappa shape index (κ1) is 15.3. The number of guanidine groups is 1. The fourth-order valence-corrected chi connectivity index (χ4v) is 2.02. The highest BCUT2D eigenvalue weighted by atomic mass is 35.5. The summed E-state index contributed by atoms with van der Waals surface area (Å²) < 4.78 is 5.03. The molecule has 0 saturated carbocycles. The van der Waals surface area contributed by atoms with E-state index in [1.165, 1.54) is 5.56 Å². The number of aryl methyl sites for hydroxylation is 1. The van der Waals surface area contributed by atoms with Crippen LogP contribution in [-0.4, -0.2) is 29.7 Å². The molecule has 6 nitrogen and oxygen atoms in total. The van der Waals surface area contributed by atoms with Gasteiger partial charge in [-0.1, -0.05) is 28.9 Å². The molecule has 2 rings (SSSR count). The average molecular weight is 308 g/mol. The van der Waals surface area contributed by atoms with E-state index in [4.69, 9.17) is 16.1 Å². The second-order valence-electron chi connectivity index (χ2n) is 4.47. The maximum atomic E-state index is 5.95. The third-order valence-electron chi connectivity index (χ3n) is 2.80. The number of hydrogen-bond acceptors (Lipinski definition) is 4. The zero-order valence-corrected chi connectivity index (χ0v) is 12.8. The summed E-state index contributed by atoms with van der Waals surface area (Å²) in [5.41, 5.74) is 1.18. The van der Waals surface area contributed by atoms with Gasteiger partial charge >= 0.3 is 0 Å². The molecule has 0 bridgehead atoms. The van der Waals surface area contributed by atoms with Gasteiger partial charge in [0.1, 0.15) is 0 Å². The Morgan fingerprint density at radius 2 is 2.24 bits per heavy atom. The van der Waals surface area contributed by atoms with Crippen LogP contribution in [0, 0.1) is 6.92 Å². The molecule has 0 amide bonds. The fourth-order valence-electron chi connectivity index (χ4n) is 1.81. The Bertz CT molecular complexity index is 611. The molecule has 0 saturated heterocycles. The van der Waals surface area contributed by atoms with Crippen LogP contribution in [0.25, 0.3) is 0 Å². The second kappa shape index (κ2) is 7.64. The van der Waals surface area contributed by atoms with E-state index >= 15 is 0 Å². The number of aromatic nitrogens is 2. The van der Waals surface area contributed by atoms with Gasteiger partial charge < -0.3 is 15.2 Å². The van der Waals surface area contributed by atoms with E-state index in [2.05, 4.69) is 25.8 Å². The molecular weight excluding hydrogens is 290 g/mol. The largest absolute Gasteiger partial charge is 0.356 e. The third-order valence-corrected chi connectivity index (χ3v) is 3.03. The minimum atomic E-state index is 0.442. The molecule has 1 aromatic heterocycles. The lowest BCUT2D eigenvalue weighted by molar-refractivity contribution is 0.371. The molecule has 0 spiro atoms. The molecule has 21 heavy (non-hydrogen) atoms. The van der Waals surface area contributed by atoms with Gasteiger partial charge in [-0.25, -0.2) is 0 Å². The van der Waals surface area contributed by atoms with E-state index in [0.717, 1.165) is 18.0 Å². The molecule has 0 atom stereocenters. The van der Waals surface area contributed by atoms with Crippen LogP contribution < -0.4 is 10.6 Å². The van der Waals surface area contributed by atoms with E-state index in [0.29, 0.717) is 24.2 Å². The highest BCUT2D eigenvalue weighted by Gasteiger charge is 2.04. The molecule has 0 aliphatic rings. The molecule has 0 radical (unpaired) electrons. The minimum Gasteiger partial charge on any atom is -0.356 e. The minimum absolute atomic E-state index is 0.442. The topological polar surface area (TPSA) is 75.3 Å². The van der Waals surface area contributed by atoms with Crippen molar-refractivity contribution in [3.8, 4) is 0 Å². The summed E-state index contributed by atoms with van der Waals surface area (Å²) in [6.07, 6.45) is 0.862. The van der Waals surface area contributed by atoms with Gasteiger partial charge in [-0.15, -0.1) is 0 Å². The van der Waals surface area contributed by atoms with Crippen molar-refractivity contribution in [1.82, 2.24) is 20.8 Å². The summed E-state index contributed by atoms with van der Waals surface area (Å²) in [5, 5.41) is 10.8. The Morgan fingerprint density at radius 1 is 1.38 bits per heavy atom. The van der Waals surface area contributed by atoms with Crippen molar-refractivity contribution < 1.29 is 4.52 Å². The standard InChI is InChI=1S/C14H18ClN5O/c1-10-19-13(21-20-10)9-18-14(16-2)17-7-6-11-4-3-5-12(15)8-11/h3-5,8H,6-7,9H2,1-2H3,(H2,16,17,18). The molecule has 0 fully saturated rings. The molecule has 7 heteroatoms. The third kappa shape index (κ3) is 5.07. The first-order valence-electron chi connectivity index (χ1n) is 6.65. The van der Waals surface area contributed by atoms with E-state index in [1.54, 1.807) is 14.0 Å². The molecule has 0 aliphatic heterocycles. The Labute approximate surface area is 128 Å². The van der Waals surface area contributed by atoms with Crippen LogP contribution in [0.2, 0.25) is 5.02 Å². The van der Waals surface area contributed by atoms with Crippen molar-refractivity contribution in [3.63, 3.8) is 0 Å². The summed E-state index contributed by atoms with van der Waals surface area (Å²) in [6, 6.07) is 7.82. The summed E-state index contributed by atoms with van der Waals surface area (Å²) in [4.78, 5) is 8.25. The predicted octanol–water partition coefficient (Wildman–Crippen LogP) is 1.94. The van der Waals surface area contributed by atoms with Crippen LogP contribution in [0.15, 0.2) is 33.8 Å². The van der Waals surface area contributed by atoms with Crippen molar-refractivity contribution >= 4 is 17.6 Å². The first-order chi connectivity index (χ1) is 10.2. The molecule has 0 aliphatic carbocycles. The fraction of sp³-hybridized carbons (Fsp3) is 0.357. The van der Waals surface area contributed by atoms with Gasteiger partial charge in [0.05, 0.1) is 6.54 Å². The van der Waals surface area contributed by atoms with Gasteiger partial charge in [-0.2, -0.15) is 4.98 Å². The van der Waals surface area contributed by atoms with E-state index in [-0.39, 0.29) is 0 Å². The highest BCUT2D eigenvalue weighted by Crippen LogP contribution is 2.10. The summed E-state index contributed by atoms with van der Waals surface area (Å²) in [6.45, 7) is 2.98. The van der Waals surface area contributed by atoms with Gasteiger partial charge in [0.15, 0.2) is 11.8 Å². The lowest BCUT2D eigenvalue weighted by Gasteiger charge is -2.10. The van der Waals surface area contributed by atoms with Crippen LogP contribution in [0.4, 0.5) is 0 Å². The molecule has 1 aromatic carbocycles. The van der Waals surface area contributed by atoms with Crippen LogP contribution in [0.5, 0.6) is 0 Å². The zero-order chi connectivity index (χ0) is 15.1. The maximum Gasteiger partial charge on any atom is 0.246 e. The van der Waals surface area contributed by atoms with E-state index in [9.17, 15) is 0 Å². The second-order valence-corrected chi connectivity index (χ2v) is 4.90. The van der Waals surface area contributed by atoms with Crippen LogP contribution >= 0.6 is 11.6 Å². The SMILES string of the molecule is CN=C(NCCc1cccc(Cl)c1)NCc1nc(C)no1. The van der Waals surface area contributed by atoms with Crippen molar-refractivity contribution in [1.29, 1.82) is 0 Å². The summed E-state index contributed by atoms with van der Waals surface area (Å²) >= 11 is 5.95. The first-order valence-corrected chi connectivity index (χ1v) is 7.03. The predicted molar refractivity (Wildman–Crippen MR) is 82.4 cm³/mol. The van der Waals surface area contributed by atoms with Gasteiger partial charge in [0.25, 0.3) is 0 Å². The summed E-state index contributed by atoms with van der Waals surface area (Å²) in [5.74, 6) is 1.84. The number of benzene rings is 1. The molecule has 2 N–H and O–H groups in total. The van der Waals surface area contributed by atoms with Crippen molar-refractivity contribution in [2.45, 2.75) is 19.9 Å². The lowest BCUT2D eigenvalue weighted by Crippen LogP contribution is -2.37. The number of hydrogen-bond donors (Lipinski definition) is 2. The van der Waals surface area contributed by atoms with E-state index in [1.807, 2.05) is 24.3 Å². The van der Waals surface area contributed by atoms with Gasteiger partial charge in [-0.3, -0.25) is 4.99 Å². The normalized spacial score (nSPS) is 11.5. The zero-order valence-electron chi connectivity index (χ0n) is 12.1. The van der Waals surface area contributed by atoms with Crippen LogP contribution in [0.3, 0.4) is 0 Å². The highest BCUT2D eigenvalue weighted by molar-refractivity contribution is 6.30. The number of aliphatic imine (C=N–C) groups is 1. The number of nitrogens with one attached hydrogen (secondary N) is 2. The molecule has 0 unspecified atom stereocenters. The summed E-state index contributed by atoms with van der Waals surface area (Å²) in [7, 11) is 1.72. The van der Waals surface area contributed by atoms with Crippen molar-refractivity contribution in [2.75, 3.05) is 13.6 Å². The Balaban J connectivity index is 1.75. The number of halogens is 1. The monoisotopic (exact) mass is 307 g/mol. The molecule has 112 valence electrons. The van der Waals surface area contributed by atoms with E-state index < -0.39 is 0 Å². The number of rotatable bonds is 5. The van der Waals surface area contributed by atoms with Gasteiger partial charge in [0, 0.05) is 18.6 Å². The Hall–Kier alpha value is -2.08. The Kier molecular flexibility index (Phi) is 5.57. The maximum absolute atomic E-state index is 5.95. The van der Waals surface area contributed by atoms with Crippen LogP contribution in [-0.2, 0) is 13.0 Å². The number of nitrogens with zero attached hydrogens (tertiary/aromatic N) is 3. The van der Waals surface area contributed by atoms with Crippen molar-refractivity contribution in [2.24, 2.45) is 4.99 Å². The average Bonchev–Trinajstić information content (AvgIpc) is 2.88. The van der Waals surface area contributed by atoms with Gasteiger partial charge in [0.2, 0.25) is 5.89 Å². The lowest BCUT2D eigenvalue weighted by atomic mass is 10.1. The molecular formula is C14H18ClN5O. The molecule has 1 heterocycles. The van der Waals surface area contributed by atoms with Gasteiger partial charge in [-0.05, 0) is 31.0 Å². The van der Waals surface area contributed by atoms with Crippen molar-refractivity contribution in [3.05, 3.63) is 46.6 Å². The smallest absolute Gasteiger partial charge is 0.246 e. The molecule has 2 aromatic rings. The van der Waals surface area contributed by atoms with Crippen LogP contribution in [0.1, 0.15) is 17.3 Å². The Morgan fingerprint density at radius 3 is 2.90 bits per heavy atom.